The van der Waals surface area contributed by atoms with E-state index >= 15 is 0 Å². The van der Waals surface area contributed by atoms with Crippen LogP contribution in [0.15, 0.2) is 0 Å². The molecule has 0 atom stereocenters. The van der Waals surface area contributed by atoms with Crippen LogP contribution in [0.1, 0.15) is 0 Å². The van der Waals surface area contributed by atoms with Gasteiger partial charge >= 0.3 is 31.0 Å². The Hall–Kier alpha value is -0.0416. The van der Waals surface area contributed by atoms with Crippen LogP contribution in [-0.2, 0) is 0 Å². The van der Waals surface area contributed by atoms with E-state index in [-0.39, 0.29) is 0 Å². The predicted octanol–water partition coefficient (Wildman–Crippen LogP) is -0.653. The summed E-state index contributed by atoms with van der Waals surface area (Å²) in [6.45, 7) is 0. The third-order valence-electron chi connectivity index (χ3n) is 0. The SMILES string of the molecule is O=[N+]([O-])[As]. The molecule has 4 heavy (non-hydrogen) atoms. The van der Waals surface area contributed by atoms with Crippen molar-refractivity contribution in [3.05, 3.63) is 10.1 Å². The quantitative estimate of drug-likeness (QED) is 0.242. The van der Waals surface area contributed by atoms with Gasteiger partial charge in [0.15, 0.2) is 0 Å². The molecule has 0 aromatic carbocycles. The van der Waals surface area contributed by atoms with Crippen LogP contribution in [0.3, 0.4) is 0 Å². The van der Waals surface area contributed by atoms with Crippen molar-refractivity contribution in [2.45, 2.75) is 0 Å². The molecule has 0 heterocycles. The van der Waals surface area contributed by atoms with Gasteiger partial charge in [-0.05, 0) is 0 Å². The summed E-state index contributed by atoms with van der Waals surface area (Å²) in [5.74, 6) is 0. The molecule has 0 aromatic heterocycles. The second kappa shape index (κ2) is 1.30. The first-order valence-electron chi connectivity index (χ1n) is 0.565. The van der Waals surface area contributed by atoms with Gasteiger partial charge in [0.2, 0.25) is 0 Å². The van der Waals surface area contributed by atoms with E-state index in [4.69, 9.17) is 10.1 Å². The molecule has 0 saturated heterocycles. The van der Waals surface area contributed by atoms with Crippen molar-refractivity contribution in [2.75, 3.05) is 0 Å². The molecule has 3 nitrogen and oxygen atoms in total. The Labute approximate surface area is 31.9 Å². The van der Waals surface area contributed by atoms with Crippen molar-refractivity contribution in [1.29, 1.82) is 0 Å². The first-order valence-corrected chi connectivity index (χ1v) is 1.40. The van der Waals surface area contributed by atoms with Gasteiger partial charge in [0.05, 0.1) is 0 Å². The van der Waals surface area contributed by atoms with Crippen molar-refractivity contribution >= 4 is 17.1 Å². The summed E-state index contributed by atoms with van der Waals surface area (Å²) in [7, 11) is 0. The molecule has 0 aliphatic rings. The van der Waals surface area contributed by atoms with E-state index in [9.17, 15) is 0 Å². The molecule has 0 amide bonds. The Morgan fingerprint density at radius 1 is 2.00 bits per heavy atom. The van der Waals surface area contributed by atoms with Crippen LogP contribution >= 0.6 is 0 Å². The Morgan fingerprint density at radius 3 is 2.00 bits per heavy atom. The average molecular weight is 121 g/mol. The molecule has 0 saturated carbocycles. The van der Waals surface area contributed by atoms with Gasteiger partial charge in [0, 0.05) is 0 Å². The molecule has 0 unspecified atom stereocenters. The molecule has 0 fully saturated rings. The summed E-state index contributed by atoms with van der Waals surface area (Å²) >= 11 is 1.26. The predicted molar refractivity (Wildman–Crippen MR) is 12.7 cm³/mol. The van der Waals surface area contributed by atoms with E-state index in [1.54, 1.807) is 0 Å². The third kappa shape index (κ3) is 1040. The van der Waals surface area contributed by atoms with Gasteiger partial charge in [-0.15, -0.1) is 0 Å². The molecule has 0 aromatic rings. The van der Waals surface area contributed by atoms with Crippen LogP contribution < -0.4 is 0 Å². The monoisotopic (exact) mass is 121 g/mol. The van der Waals surface area contributed by atoms with E-state index in [0.717, 1.165) is 0 Å². The zero-order valence-electron chi connectivity index (χ0n) is 1.71. The maximum atomic E-state index is 8.78. The fraction of sp³-hybridized carbons (Fsp3) is 0. The fourth-order valence-electron chi connectivity index (χ4n) is 0. The molecule has 0 N–H and O–H groups in total. The number of nitro groups is 1. The van der Waals surface area contributed by atoms with E-state index in [1.165, 1.54) is 17.1 Å². The molecule has 0 bridgehead atoms. The molecule has 0 aliphatic carbocycles. The Bertz CT molecular complexity index is 29.0. The standard InChI is InChI=1S/AsNO2/c1-2(3)4. The molecule has 0 spiro atoms. The van der Waals surface area contributed by atoms with E-state index < -0.39 is 3.84 Å². The molecule has 22 valence electrons. The van der Waals surface area contributed by atoms with Crippen molar-refractivity contribution in [1.82, 2.24) is 0 Å². The number of hydrogen-bond acceptors (Lipinski definition) is 2. The van der Waals surface area contributed by atoms with Gasteiger partial charge in [-0.2, -0.15) is 0 Å². The number of nitrogens with zero attached hydrogens (tertiary/aromatic N) is 1. The Balaban J connectivity index is 2.80. The van der Waals surface area contributed by atoms with Crippen molar-refractivity contribution in [3.8, 4) is 0 Å². The minimum absolute atomic E-state index is 0.562. The molecule has 4 heteroatoms. The van der Waals surface area contributed by atoms with Gasteiger partial charge in [-0.3, -0.25) is 0 Å². The summed E-state index contributed by atoms with van der Waals surface area (Å²) in [6, 6.07) is 0. The second-order valence-electron chi connectivity index (χ2n) is 0.238. The summed E-state index contributed by atoms with van der Waals surface area (Å²) in [5, 5.41) is 8.78. The summed E-state index contributed by atoms with van der Waals surface area (Å²) in [5.41, 5.74) is 0. The summed E-state index contributed by atoms with van der Waals surface area (Å²) in [6.07, 6.45) is 0. The van der Waals surface area contributed by atoms with Crippen molar-refractivity contribution < 1.29 is 3.84 Å². The number of hydrogen-bond donors (Lipinski definition) is 0. The van der Waals surface area contributed by atoms with E-state index in [2.05, 4.69) is 0 Å². The second-order valence-corrected chi connectivity index (χ2v) is 0.923. The van der Waals surface area contributed by atoms with Gasteiger partial charge in [0.1, 0.15) is 0 Å². The molecular weight excluding hydrogens is 121 g/mol. The molecule has 2 radical (unpaired) electrons. The van der Waals surface area contributed by atoms with E-state index in [0.29, 0.717) is 0 Å². The topological polar surface area (TPSA) is 43.1 Å². The first kappa shape index (κ1) is 3.96. The van der Waals surface area contributed by atoms with Crippen LogP contribution in [0.4, 0.5) is 0 Å². The zero-order valence-corrected chi connectivity index (χ0v) is 3.59. The van der Waals surface area contributed by atoms with Gasteiger partial charge in [-0.25, -0.2) is 0 Å². The van der Waals surface area contributed by atoms with Crippen LogP contribution in [0.5, 0.6) is 0 Å². The first-order chi connectivity index (χ1) is 1.73. The van der Waals surface area contributed by atoms with E-state index in [1.807, 2.05) is 0 Å². The Kier molecular flexibility index (Phi) is 1.28. The van der Waals surface area contributed by atoms with Crippen LogP contribution in [0.2, 0.25) is 0 Å². The van der Waals surface area contributed by atoms with Gasteiger partial charge in [0.25, 0.3) is 0 Å². The van der Waals surface area contributed by atoms with Gasteiger partial charge < -0.3 is 0 Å². The molecule has 0 aliphatic heterocycles. The van der Waals surface area contributed by atoms with Crippen molar-refractivity contribution in [3.63, 3.8) is 0 Å². The Morgan fingerprint density at radius 2 is 2.00 bits per heavy atom. The van der Waals surface area contributed by atoms with Crippen LogP contribution in [0.25, 0.3) is 0 Å². The van der Waals surface area contributed by atoms with Crippen LogP contribution in [-0.4, -0.2) is 20.9 Å². The fourth-order valence-corrected chi connectivity index (χ4v) is 0. The normalized spacial score (nSPS) is 6.25. The minimum atomic E-state index is -0.562. The van der Waals surface area contributed by atoms with Crippen LogP contribution in [0, 0.1) is 10.1 Å². The summed E-state index contributed by atoms with van der Waals surface area (Å²) < 4.78 is -0.562. The third-order valence-corrected chi connectivity index (χ3v) is 0. The number of rotatable bonds is 0. The summed E-state index contributed by atoms with van der Waals surface area (Å²) in [4.78, 5) is 8.78. The van der Waals surface area contributed by atoms with Crippen molar-refractivity contribution in [2.24, 2.45) is 0 Å². The molecule has 0 rings (SSSR count). The maximum absolute atomic E-state index is 8.78. The van der Waals surface area contributed by atoms with Gasteiger partial charge in [-0.1, -0.05) is 0 Å². The zero-order chi connectivity index (χ0) is 3.58. The average Bonchev–Trinajstić information content (AvgIpc) is 0.811. The molecular formula is AsNO2.